The number of urea groups is 1. The molecule has 138 valence electrons. The molecule has 2 N–H and O–H groups in total. The molecular formula is C16H30N4O4. The number of imide groups is 1. The Hall–Kier alpha value is -1.83. The fourth-order valence-corrected chi connectivity index (χ4v) is 2.42. The molecule has 1 heterocycles. The van der Waals surface area contributed by atoms with E-state index in [1.807, 2.05) is 18.7 Å². The fraction of sp³-hybridized carbons (Fsp3) is 0.812. The summed E-state index contributed by atoms with van der Waals surface area (Å²) in [5, 5.41) is 4.86. The van der Waals surface area contributed by atoms with Crippen molar-refractivity contribution in [3.05, 3.63) is 0 Å². The summed E-state index contributed by atoms with van der Waals surface area (Å²) in [7, 11) is 0. The van der Waals surface area contributed by atoms with Gasteiger partial charge in [-0.25, -0.2) is 9.59 Å². The average molecular weight is 342 g/mol. The van der Waals surface area contributed by atoms with Crippen LogP contribution < -0.4 is 10.6 Å². The maximum absolute atomic E-state index is 12.1. The molecule has 4 amide bonds. The molecule has 8 heteroatoms. The van der Waals surface area contributed by atoms with Crippen LogP contribution in [-0.2, 0) is 9.53 Å². The maximum Gasteiger partial charge on any atom is 0.409 e. The van der Waals surface area contributed by atoms with Crippen molar-refractivity contribution in [2.45, 2.75) is 40.2 Å². The van der Waals surface area contributed by atoms with Crippen LogP contribution in [-0.4, -0.2) is 73.2 Å². The highest BCUT2D eigenvalue weighted by Gasteiger charge is 2.27. The summed E-state index contributed by atoms with van der Waals surface area (Å²) in [6.07, 6.45) is 0.459. The Labute approximate surface area is 143 Å². The summed E-state index contributed by atoms with van der Waals surface area (Å²) in [5.41, 5.74) is 0. The van der Waals surface area contributed by atoms with Gasteiger partial charge in [0.2, 0.25) is 5.91 Å². The summed E-state index contributed by atoms with van der Waals surface area (Å²) in [5.74, 6) is -0.0350. The molecule has 0 aromatic heterocycles. The Morgan fingerprint density at radius 2 is 1.79 bits per heavy atom. The number of ether oxygens (including phenoxy) is 1. The largest absolute Gasteiger partial charge is 0.449 e. The third-order valence-electron chi connectivity index (χ3n) is 3.83. The molecule has 0 aromatic carbocycles. The lowest BCUT2D eigenvalue weighted by Crippen LogP contribution is -2.50. The first kappa shape index (κ1) is 20.2. The van der Waals surface area contributed by atoms with Gasteiger partial charge in [0.1, 0.15) is 0 Å². The van der Waals surface area contributed by atoms with Gasteiger partial charge in [-0.1, -0.05) is 13.8 Å². The molecule has 0 radical (unpaired) electrons. The number of carbonyl (C=O) groups is 3. The SMILES string of the molecule is CCNC(=O)NC(=O)[C@H](C)N1CCCN(C(=O)OCC(C)C)CC1. The summed E-state index contributed by atoms with van der Waals surface area (Å²) in [6.45, 7) is 10.8. The number of hydrogen-bond acceptors (Lipinski definition) is 5. The van der Waals surface area contributed by atoms with Crippen molar-refractivity contribution in [1.82, 2.24) is 20.4 Å². The van der Waals surface area contributed by atoms with E-state index in [9.17, 15) is 14.4 Å². The molecule has 1 rings (SSSR count). The maximum atomic E-state index is 12.1. The zero-order valence-corrected chi connectivity index (χ0v) is 15.1. The van der Waals surface area contributed by atoms with Crippen LogP contribution in [0.1, 0.15) is 34.1 Å². The molecule has 1 atom stereocenters. The molecular weight excluding hydrogens is 312 g/mol. The smallest absolute Gasteiger partial charge is 0.409 e. The normalized spacial score (nSPS) is 17.1. The highest BCUT2D eigenvalue weighted by molar-refractivity contribution is 5.96. The van der Waals surface area contributed by atoms with Crippen LogP contribution in [0.15, 0.2) is 0 Å². The van der Waals surface area contributed by atoms with Crippen molar-refractivity contribution in [3.63, 3.8) is 0 Å². The number of nitrogens with one attached hydrogen (secondary N) is 2. The van der Waals surface area contributed by atoms with Gasteiger partial charge in [-0.15, -0.1) is 0 Å². The van der Waals surface area contributed by atoms with Gasteiger partial charge in [-0.3, -0.25) is 15.0 Å². The van der Waals surface area contributed by atoms with Crippen molar-refractivity contribution in [1.29, 1.82) is 0 Å². The van der Waals surface area contributed by atoms with E-state index in [0.717, 1.165) is 6.42 Å². The van der Waals surface area contributed by atoms with Crippen molar-refractivity contribution in [2.75, 3.05) is 39.3 Å². The summed E-state index contributed by atoms with van der Waals surface area (Å²) in [6, 6.07) is -0.915. The summed E-state index contributed by atoms with van der Waals surface area (Å²) >= 11 is 0. The molecule has 1 aliphatic rings. The van der Waals surface area contributed by atoms with Gasteiger partial charge in [0.25, 0.3) is 0 Å². The molecule has 0 aliphatic carbocycles. The monoisotopic (exact) mass is 342 g/mol. The van der Waals surface area contributed by atoms with Gasteiger partial charge in [-0.2, -0.15) is 0 Å². The van der Waals surface area contributed by atoms with E-state index in [4.69, 9.17) is 4.74 Å². The average Bonchev–Trinajstić information content (AvgIpc) is 2.78. The third-order valence-corrected chi connectivity index (χ3v) is 3.83. The molecule has 0 spiro atoms. The van der Waals surface area contributed by atoms with E-state index in [-0.39, 0.29) is 12.0 Å². The lowest BCUT2D eigenvalue weighted by molar-refractivity contribution is -0.124. The van der Waals surface area contributed by atoms with E-state index in [1.54, 1.807) is 18.7 Å². The van der Waals surface area contributed by atoms with E-state index in [1.165, 1.54) is 0 Å². The summed E-state index contributed by atoms with van der Waals surface area (Å²) in [4.78, 5) is 39.2. The number of hydrogen-bond donors (Lipinski definition) is 2. The molecule has 24 heavy (non-hydrogen) atoms. The van der Waals surface area contributed by atoms with Crippen LogP contribution in [0, 0.1) is 5.92 Å². The first-order valence-electron chi connectivity index (χ1n) is 8.59. The predicted octanol–water partition coefficient (Wildman–Crippen LogP) is 1.02. The van der Waals surface area contributed by atoms with Crippen molar-refractivity contribution in [2.24, 2.45) is 5.92 Å². The summed E-state index contributed by atoms with van der Waals surface area (Å²) < 4.78 is 5.26. The second kappa shape index (κ2) is 10.1. The van der Waals surface area contributed by atoms with Crippen LogP contribution in [0.5, 0.6) is 0 Å². The first-order chi connectivity index (χ1) is 11.3. The van der Waals surface area contributed by atoms with E-state index in [0.29, 0.717) is 45.2 Å². The second-order valence-corrected chi connectivity index (χ2v) is 6.37. The van der Waals surface area contributed by atoms with Crippen LogP contribution in [0.3, 0.4) is 0 Å². The molecule has 0 saturated carbocycles. The highest BCUT2D eigenvalue weighted by Crippen LogP contribution is 2.09. The lowest BCUT2D eigenvalue weighted by Gasteiger charge is -2.26. The number of amides is 4. The molecule has 1 saturated heterocycles. The molecule has 1 fully saturated rings. The Kier molecular flexibility index (Phi) is 8.53. The quantitative estimate of drug-likeness (QED) is 0.778. The topological polar surface area (TPSA) is 91.0 Å². The molecule has 1 aliphatic heterocycles. The minimum Gasteiger partial charge on any atom is -0.449 e. The van der Waals surface area contributed by atoms with Crippen LogP contribution in [0.25, 0.3) is 0 Å². The number of nitrogens with zero attached hydrogens (tertiary/aromatic N) is 2. The van der Waals surface area contributed by atoms with E-state index < -0.39 is 12.1 Å². The van der Waals surface area contributed by atoms with Crippen molar-refractivity contribution in [3.8, 4) is 0 Å². The van der Waals surface area contributed by atoms with Crippen LogP contribution in [0.2, 0.25) is 0 Å². The second-order valence-electron chi connectivity index (χ2n) is 6.37. The molecule has 0 aromatic rings. The minimum absolute atomic E-state index is 0.301. The van der Waals surface area contributed by atoms with Gasteiger partial charge in [0.15, 0.2) is 0 Å². The van der Waals surface area contributed by atoms with Crippen LogP contribution in [0.4, 0.5) is 9.59 Å². The standard InChI is InChI=1S/C16H30N4O4/c1-5-17-15(22)18-14(21)13(4)19-7-6-8-20(10-9-19)16(23)24-11-12(2)3/h12-13H,5-11H2,1-4H3,(H2,17,18,21,22)/t13-/m0/s1. The van der Waals surface area contributed by atoms with E-state index in [2.05, 4.69) is 10.6 Å². The lowest BCUT2D eigenvalue weighted by atomic mass is 10.2. The Bertz CT molecular complexity index is 442. The van der Waals surface area contributed by atoms with Gasteiger partial charge >= 0.3 is 12.1 Å². The Balaban J connectivity index is 2.48. The van der Waals surface area contributed by atoms with Gasteiger partial charge in [0, 0.05) is 32.7 Å². The van der Waals surface area contributed by atoms with Crippen molar-refractivity contribution >= 4 is 18.0 Å². The minimum atomic E-state index is -0.483. The fourth-order valence-electron chi connectivity index (χ4n) is 2.42. The van der Waals surface area contributed by atoms with E-state index >= 15 is 0 Å². The number of rotatable bonds is 5. The van der Waals surface area contributed by atoms with Crippen LogP contribution >= 0.6 is 0 Å². The third kappa shape index (κ3) is 6.74. The Morgan fingerprint density at radius 1 is 1.08 bits per heavy atom. The Morgan fingerprint density at radius 3 is 2.42 bits per heavy atom. The predicted molar refractivity (Wildman–Crippen MR) is 90.6 cm³/mol. The zero-order chi connectivity index (χ0) is 18.1. The number of carbonyl (C=O) groups excluding carboxylic acids is 3. The first-order valence-corrected chi connectivity index (χ1v) is 8.59. The highest BCUT2D eigenvalue weighted by atomic mass is 16.6. The molecule has 0 unspecified atom stereocenters. The van der Waals surface area contributed by atoms with Gasteiger partial charge < -0.3 is 15.0 Å². The zero-order valence-electron chi connectivity index (χ0n) is 15.1. The molecule has 8 nitrogen and oxygen atoms in total. The van der Waals surface area contributed by atoms with Crippen molar-refractivity contribution < 1.29 is 19.1 Å². The van der Waals surface area contributed by atoms with Gasteiger partial charge in [0.05, 0.1) is 12.6 Å². The van der Waals surface area contributed by atoms with Gasteiger partial charge in [-0.05, 0) is 26.2 Å². The molecule has 0 bridgehead atoms.